The first-order chi connectivity index (χ1) is 9.97. The van der Waals surface area contributed by atoms with Gasteiger partial charge in [-0.1, -0.05) is 12.1 Å². The molecule has 0 bridgehead atoms. The van der Waals surface area contributed by atoms with Crippen molar-refractivity contribution < 1.29 is 19.4 Å². The van der Waals surface area contributed by atoms with Crippen molar-refractivity contribution in [3.8, 4) is 5.75 Å². The first-order valence-electron chi connectivity index (χ1n) is 7.26. The number of carboxylic acid groups (broad SMARTS) is 1. The predicted molar refractivity (Wildman–Crippen MR) is 78.4 cm³/mol. The van der Waals surface area contributed by atoms with Crippen LogP contribution in [0.25, 0.3) is 0 Å². The molecule has 1 aliphatic carbocycles. The first kappa shape index (κ1) is 15.4. The van der Waals surface area contributed by atoms with Gasteiger partial charge < -0.3 is 15.2 Å². The molecule has 1 saturated carbocycles. The number of para-hydroxylation sites is 1. The van der Waals surface area contributed by atoms with Crippen LogP contribution in [0, 0.1) is 5.92 Å². The summed E-state index contributed by atoms with van der Waals surface area (Å²) in [5.41, 5.74) is 0.491. The standard InChI is InChI=1S/C16H21NO4/c1-10(2)21-14-6-4-3-5-13(14)15(18)17-12-8-7-11(9-12)16(19)20/h3-6,10-12H,7-9H2,1-2H3,(H,17,18)(H,19,20)/t11-,12+/m1/s1. The van der Waals surface area contributed by atoms with Crippen LogP contribution in [0.1, 0.15) is 43.5 Å². The lowest BCUT2D eigenvalue weighted by molar-refractivity contribution is -0.141. The van der Waals surface area contributed by atoms with Gasteiger partial charge in [-0.3, -0.25) is 9.59 Å². The average molecular weight is 291 g/mol. The molecule has 0 spiro atoms. The predicted octanol–water partition coefficient (Wildman–Crippen LogP) is 2.46. The maximum Gasteiger partial charge on any atom is 0.306 e. The Kier molecular flexibility index (Phi) is 4.83. The number of carbonyl (C=O) groups is 2. The highest BCUT2D eigenvalue weighted by atomic mass is 16.5. The molecular formula is C16H21NO4. The number of rotatable bonds is 5. The van der Waals surface area contributed by atoms with E-state index < -0.39 is 5.97 Å². The maximum absolute atomic E-state index is 12.3. The number of ether oxygens (including phenoxy) is 1. The van der Waals surface area contributed by atoms with Crippen molar-refractivity contribution in [1.29, 1.82) is 0 Å². The number of aliphatic carboxylic acids is 1. The molecule has 1 fully saturated rings. The van der Waals surface area contributed by atoms with Gasteiger partial charge in [0, 0.05) is 6.04 Å². The zero-order valence-electron chi connectivity index (χ0n) is 12.3. The Balaban J connectivity index is 2.02. The van der Waals surface area contributed by atoms with E-state index in [-0.39, 0.29) is 24.0 Å². The van der Waals surface area contributed by atoms with Crippen molar-refractivity contribution in [3.05, 3.63) is 29.8 Å². The van der Waals surface area contributed by atoms with E-state index in [1.165, 1.54) is 0 Å². The Bertz CT molecular complexity index is 527. The summed E-state index contributed by atoms with van der Waals surface area (Å²) in [4.78, 5) is 23.3. The third kappa shape index (κ3) is 3.97. The number of hydrogen-bond acceptors (Lipinski definition) is 3. The minimum Gasteiger partial charge on any atom is -0.490 e. The van der Waals surface area contributed by atoms with Crippen molar-refractivity contribution in [2.75, 3.05) is 0 Å². The summed E-state index contributed by atoms with van der Waals surface area (Å²) < 4.78 is 5.64. The third-order valence-electron chi connectivity index (χ3n) is 3.61. The van der Waals surface area contributed by atoms with Crippen molar-refractivity contribution >= 4 is 11.9 Å². The van der Waals surface area contributed by atoms with E-state index in [2.05, 4.69) is 5.32 Å². The van der Waals surface area contributed by atoms with Crippen LogP contribution < -0.4 is 10.1 Å². The van der Waals surface area contributed by atoms with Crippen molar-refractivity contribution in [2.45, 2.75) is 45.3 Å². The van der Waals surface area contributed by atoms with Crippen LogP contribution in [0.15, 0.2) is 24.3 Å². The lowest BCUT2D eigenvalue weighted by Crippen LogP contribution is -2.33. The molecule has 1 amide bonds. The van der Waals surface area contributed by atoms with Gasteiger partial charge in [-0.05, 0) is 45.2 Å². The van der Waals surface area contributed by atoms with E-state index in [1.54, 1.807) is 18.2 Å². The molecule has 0 saturated heterocycles. The second kappa shape index (κ2) is 6.61. The van der Waals surface area contributed by atoms with Gasteiger partial charge in [0.2, 0.25) is 0 Å². The highest BCUT2D eigenvalue weighted by Crippen LogP contribution is 2.27. The molecule has 0 aliphatic heterocycles. The van der Waals surface area contributed by atoms with E-state index in [0.717, 1.165) is 0 Å². The fourth-order valence-electron chi connectivity index (χ4n) is 2.61. The van der Waals surface area contributed by atoms with E-state index in [1.807, 2.05) is 19.9 Å². The summed E-state index contributed by atoms with van der Waals surface area (Å²) in [5, 5.41) is 11.9. The van der Waals surface area contributed by atoms with E-state index in [9.17, 15) is 9.59 Å². The molecule has 1 aromatic rings. The second-order valence-electron chi connectivity index (χ2n) is 5.68. The Morgan fingerprint density at radius 3 is 2.62 bits per heavy atom. The zero-order valence-corrected chi connectivity index (χ0v) is 12.3. The van der Waals surface area contributed by atoms with Crippen molar-refractivity contribution in [2.24, 2.45) is 5.92 Å². The van der Waals surface area contributed by atoms with Gasteiger partial charge in [-0.15, -0.1) is 0 Å². The summed E-state index contributed by atoms with van der Waals surface area (Å²) >= 11 is 0. The van der Waals surface area contributed by atoms with Crippen LogP contribution in [-0.2, 0) is 4.79 Å². The molecule has 1 aliphatic rings. The highest BCUT2D eigenvalue weighted by molar-refractivity contribution is 5.97. The summed E-state index contributed by atoms with van der Waals surface area (Å²) in [6, 6.07) is 7.02. The Labute approximate surface area is 124 Å². The largest absolute Gasteiger partial charge is 0.490 e. The monoisotopic (exact) mass is 291 g/mol. The lowest BCUT2D eigenvalue weighted by Gasteiger charge is -2.16. The number of carboxylic acids is 1. The lowest BCUT2D eigenvalue weighted by atomic mass is 10.1. The van der Waals surface area contributed by atoms with Gasteiger partial charge in [-0.25, -0.2) is 0 Å². The number of benzene rings is 1. The number of amides is 1. The molecule has 0 aromatic heterocycles. The molecule has 114 valence electrons. The Morgan fingerprint density at radius 2 is 2.00 bits per heavy atom. The molecule has 21 heavy (non-hydrogen) atoms. The highest BCUT2D eigenvalue weighted by Gasteiger charge is 2.31. The summed E-state index contributed by atoms with van der Waals surface area (Å²) in [7, 11) is 0. The molecule has 2 N–H and O–H groups in total. The van der Waals surface area contributed by atoms with Gasteiger partial charge in [0.25, 0.3) is 5.91 Å². The number of nitrogens with one attached hydrogen (secondary N) is 1. The minimum absolute atomic E-state index is 0.0122. The van der Waals surface area contributed by atoms with Gasteiger partial charge in [0.05, 0.1) is 17.6 Å². The van der Waals surface area contributed by atoms with Crippen molar-refractivity contribution in [3.63, 3.8) is 0 Å². The van der Waals surface area contributed by atoms with Gasteiger partial charge >= 0.3 is 5.97 Å². The van der Waals surface area contributed by atoms with Crippen LogP contribution in [0.4, 0.5) is 0 Å². The zero-order chi connectivity index (χ0) is 15.4. The molecule has 2 rings (SSSR count). The quantitative estimate of drug-likeness (QED) is 0.873. The molecule has 5 nitrogen and oxygen atoms in total. The molecule has 2 atom stereocenters. The molecule has 0 unspecified atom stereocenters. The van der Waals surface area contributed by atoms with E-state index in [4.69, 9.17) is 9.84 Å². The SMILES string of the molecule is CC(C)Oc1ccccc1C(=O)N[C@H]1CC[C@@H](C(=O)O)C1. The molecule has 1 aromatic carbocycles. The summed E-state index contributed by atoms with van der Waals surface area (Å²) in [6.45, 7) is 3.81. The fourth-order valence-corrected chi connectivity index (χ4v) is 2.61. The molecule has 5 heteroatoms. The normalized spacial score (nSPS) is 21.3. The van der Waals surface area contributed by atoms with E-state index in [0.29, 0.717) is 30.6 Å². The van der Waals surface area contributed by atoms with Crippen LogP contribution in [0.2, 0.25) is 0 Å². The smallest absolute Gasteiger partial charge is 0.306 e. The van der Waals surface area contributed by atoms with E-state index >= 15 is 0 Å². The molecule has 0 radical (unpaired) electrons. The van der Waals surface area contributed by atoms with Crippen LogP contribution in [-0.4, -0.2) is 29.1 Å². The maximum atomic E-state index is 12.3. The second-order valence-corrected chi connectivity index (χ2v) is 5.68. The van der Waals surface area contributed by atoms with Gasteiger partial charge in [-0.2, -0.15) is 0 Å². The first-order valence-corrected chi connectivity index (χ1v) is 7.26. The average Bonchev–Trinajstić information content (AvgIpc) is 2.87. The van der Waals surface area contributed by atoms with Crippen LogP contribution in [0.5, 0.6) is 5.75 Å². The summed E-state index contributed by atoms with van der Waals surface area (Å²) in [5.74, 6) is -0.784. The molecular weight excluding hydrogens is 270 g/mol. The Hall–Kier alpha value is -2.04. The number of hydrogen-bond donors (Lipinski definition) is 2. The Morgan fingerprint density at radius 1 is 1.29 bits per heavy atom. The minimum atomic E-state index is -0.782. The fraction of sp³-hybridized carbons (Fsp3) is 0.500. The third-order valence-corrected chi connectivity index (χ3v) is 3.61. The molecule has 0 heterocycles. The topological polar surface area (TPSA) is 75.6 Å². The van der Waals surface area contributed by atoms with Gasteiger partial charge in [0.15, 0.2) is 0 Å². The van der Waals surface area contributed by atoms with Crippen LogP contribution >= 0.6 is 0 Å². The summed E-state index contributed by atoms with van der Waals surface area (Å²) in [6.07, 6.45) is 1.80. The van der Waals surface area contributed by atoms with Crippen LogP contribution in [0.3, 0.4) is 0 Å². The number of carbonyl (C=O) groups excluding carboxylic acids is 1. The van der Waals surface area contributed by atoms with Gasteiger partial charge in [0.1, 0.15) is 5.75 Å². The van der Waals surface area contributed by atoms with Crippen molar-refractivity contribution in [1.82, 2.24) is 5.32 Å².